The van der Waals surface area contributed by atoms with Gasteiger partial charge in [-0.25, -0.2) is 13.9 Å². The summed E-state index contributed by atoms with van der Waals surface area (Å²) in [5.74, 6) is -0.283. The lowest BCUT2D eigenvalue weighted by atomic mass is 10.1. The molecule has 0 radical (unpaired) electrons. The van der Waals surface area contributed by atoms with Crippen molar-refractivity contribution in [2.45, 2.75) is 6.42 Å². The fraction of sp³-hybridized carbons (Fsp3) is 0.143. The molecule has 19 heavy (non-hydrogen) atoms. The first kappa shape index (κ1) is 11.8. The summed E-state index contributed by atoms with van der Waals surface area (Å²) in [7, 11) is 0. The van der Waals surface area contributed by atoms with Gasteiger partial charge in [-0.2, -0.15) is 5.10 Å². The quantitative estimate of drug-likeness (QED) is 0.780. The molecular weight excluding hydrogens is 243 g/mol. The number of fused-ring (bicyclic) bond motifs is 1. The standard InChI is InChI=1S/C14H13FN4/c15-12-4-2-1-3-11(12)13-5-6-14-17-9-10(7-8-16)19(14)18-13/h1-6,9H,7-8,16H2. The zero-order valence-corrected chi connectivity index (χ0v) is 10.3. The molecule has 0 aliphatic carbocycles. The number of halogens is 1. The van der Waals surface area contributed by atoms with E-state index in [-0.39, 0.29) is 5.82 Å². The molecule has 5 heteroatoms. The molecule has 2 N–H and O–H groups in total. The van der Waals surface area contributed by atoms with Crippen LogP contribution in [0.3, 0.4) is 0 Å². The minimum Gasteiger partial charge on any atom is -0.330 e. The predicted molar refractivity (Wildman–Crippen MR) is 71.1 cm³/mol. The fourth-order valence-electron chi connectivity index (χ4n) is 2.05. The van der Waals surface area contributed by atoms with E-state index in [0.29, 0.717) is 24.2 Å². The van der Waals surface area contributed by atoms with Crippen molar-refractivity contribution in [3.63, 3.8) is 0 Å². The van der Waals surface area contributed by atoms with Gasteiger partial charge in [-0.15, -0.1) is 0 Å². The molecule has 96 valence electrons. The second kappa shape index (κ2) is 4.78. The van der Waals surface area contributed by atoms with Gasteiger partial charge in [0.25, 0.3) is 0 Å². The molecule has 0 aliphatic rings. The third-order valence-corrected chi connectivity index (χ3v) is 2.98. The van der Waals surface area contributed by atoms with Crippen LogP contribution in [-0.2, 0) is 6.42 Å². The lowest BCUT2D eigenvalue weighted by Gasteiger charge is -2.04. The Balaban J connectivity index is 2.15. The van der Waals surface area contributed by atoms with Gasteiger partial charge in [0.1, 0.15) is 5.82 Å². The number of aromatic nitrogens is 3. The topological polar surface area (TPSA) is 56.2 Å². The SMILES string of the molecule is NCCc1cnc2ccc(-c3ccccc3F)nn12. The minimum absolute atomic E-state index is 0.283. The lowest BCUT2D eigenvalue weighted by Crippen LogP contribution is -2.07. The Morgan fingerprint density at radius 2 is 2.00 bits per heavy atom. The Hall–Kier alpha value is -2.27. The van der Waals surface area contributed by atoms with Crippen molar-refractivity contribution in [2.24, 2.45) is 5.73 Å². The molecule has 0 spiro atoms. The van der Waals surface area contributed by atoms with Crippen molar-refractivity contribution in [2.75, 3.05) is 6.54 Å². The Bertz CT molecular complexity index is 720. The summed E-state index contributed by atoms with van der Waals surface area (Å²) in [6.45, 7) is 0.527. The summed E-state index contributed by atoms with van der Waals surface area (Å²) >= 11 is 0. The van der Waals surface area contributed by atoms with Crippen molar-refractivity contribution < 1.29 is 4.39 Å². The van der Waals surface area contributed by atoms with Crippen LogP contribution in [0.2, 0.25) is 0 Å². The van der Waals surface area contributed by atoms with Crippen molar-refractivity contribution >= 4 is 5.65 Å². The van der Waals surface area contributed by atoms with Crippen molar-refractivity contribution in [3.8, 4) is 11.3 Å². The maximum absolute atomic E-state index is 13.8. The van der Waals surface area contributed by atoms with E-state index in [9.17, 15) is 4.39 Å². The zero-order valence-electron chi connectivity index (χ0n) is 10.3. The van der Waals surface area contributed by atoms with Crippen LogP contribution in [0.25, 0.3) is 16.9 Å². The van der Waals surface area contributed by atoms with Crippen molar-refractivity contribution in [3.05, 3.63) is 54.1 Å². The summed E-state index contributed by atoms with van der Waals surface area (Å²) in [6.07, 6.45) is 2.44. The van der Waals surface area contributed by atoms with Gasteiger partial charge < -0.3 is 5.73 Å². The van der Waals surface area contributed by atoms with Crippen LogP contribution in [0, 0.1) is 5.82 Å². The van der Waals surface area contributed by atoms with E-state index in [1.807, 2.05) is 6.07 Å². The van der Waals surface area contributed by atoms with Gasteiger partial charge in [-0.1, -0.05) is 12.1 Å². The number of hydrogen-bond donors (Lipinski definition) is 1. The van der Waals surface area contributed by atoms with Crippen LogP contribution in [0.1, 0.15) is 5.69 Å². The first-order valence-corrected chi connectivity index (χ1v) is 6.08. The van der Waals surface area contributed by atoms with Crippen LogP contribution in [0.15, 0.2) is 42.6 Å². The minimum atomic E-state index is -0.283. The van der Waals surface area contributed by atoms with Gasteiger partial charge >= 0.3 is 0 Å². The summed E-state index contributed by atoms with van der Waals surface area (Å²) < 4.78 is 15.5. The van der Waals surface area contributed by atoms with E-state index < -0.39 is 0 Å². The molecule has 0 amide bonds. The normalized spacial score (nSPS) is 11.1. The van der Waals surface area contributed by atoms with Crippen LogP contribution >= 0.6 is 0 Å². The number of nitrogens with two attached hydrogens (primary N) is 1. The van der Waals surface area contributed by atoms with Gasteiger partial charge in [0.2, 0.25) is 0 Å². The Morgan fingerprint density at radius 3 is 2.79 bits per heavy atom. The van der Waals surface area contributed by atoms with E-state index in [0.717, 1.165) is 11.3 Å². The fourth-order valence-corrected chi connectivity index (χ4v) is 2.05. The Labute approximate surface area is 109 Å². The second-order valence-corrected chi connectivity index (χ2v) is 4.26. The van der Waals surface area contributed by atoms with E-state index in [1.54, 1.807) is 35.0 Å². The molecule has 0 fully saturated rings. The molecule has 4 nitrogen and oxygen atoms in total. The molecule has 2 heterocycles. The van der Waals surface area contributed by atoms with E-state index in [4.69, 9.17) is 5.73 Å². The predicted octanol–water partition coefficient (Wildman–Crippen LogP) is 2.04. The van der Waals surface area contributed by atoms with Crippen LogP contribution in [-0.4, -0.2) is 21.1 Å². The molecule has 3 rings (SSSR count). The number of benzene rings is 1. The van der Waals surface area contributed by atoms with E-state index in [2.05, 4.69) is 10.1 Å². The molecule has 1 aromatic carbocycles. The molecule has 0 bridgehead atoms. The molecule has 0 unspecified atom stereocenters. The van der Waals surface area contributed by atoms with Gasteiger partial charge in [-0.05, 0) is 30.8 Å². The van der Waals surface area contributed by atoms with Gasteiger partial charge in [0.05, 0.1) is 17.6 Å². The van der Waals surface area contributed by atoms with Crippen molar-refractivity contribution in [1.29, 1.82) is 0 Å². The summed E-state index contributed by atoms with van der Waals surface area (Å²) in [4.78, 5) is 4.25. The second-order valence-electron chi connectivity index (χ2n) is 4.26. The van der Waals surface area contributed by atoms with Gasteiger partial charge in [-0.3, -0.25) is 0 Å². The smallest absolute Gasteiger partial charge is 0.153 e. The first-order chi connectivity index (χ1) is 9.29. The average molecular weight is 256 g/mol. The Morgan fingerprint density at radius 1 is 1.16 bits per heavy atom. The Kier molecular flexibility index (Phi) is 2.97. The average Bonchev–Trinajstić information content (AvgIpc) is 2.82. The molecule has 0 saturated heterocycles. The third kappa shape index (κ3) is 2.08. The maximum atomic E-state index is 13.8. The molecule has 0 saturated carbocycles. The number of rotatable bonds is 3. The van der Waals surface area contributed by atoms with E-state index >= 15 is 0 Å². The third-order valence-electron chi connectivity index (χ3n) is 2.98. The number of imidazole rings is 1. The molecular formula is C14H13FN4. The lowest BCUT2D eigenvalue weighted by molar-refractivity contribution is 0.630. The summed E-state index contributed by atoms with van der Waals surface area (Å²) in [6, 6.07) is 10.2. The molecule has 0 atom stereocenters. The van der Waals surface area contributed by atoms with Crippen LogP contribution in [0.5, 0.6) is 0 Å². The van der Waals surface area contributed by atoms with Crippen molar-refractivity contribution in [1.82, 2.24) is 14.6 Å². The zero-order chi connectivity index (χ0) is 13.2. The highest BCUT2D eigenvalue weighted by molar-refractivity contribution is 5.61. The van der Waals surface area contributed by atoms with E-state index in [1.165, 1.54) is 6.07 Å². The number of nitrogens with zero attached hydrogens (tertiary/aromatic N) is 3. The first-order valence-electron chi connectivity index (χ1n) is 6.08. The van der Waals surface area contributed by atoms with Gasteiger partial charge in [0, 0.05) is 12.0 Å². The highest BCUT2D eigenvalue weighted by Gasteiger charge is 2.09. The number of hydrogen-bond acceptors (Lipinski definition) is 3. The maximum Gasteiger partial charge on any atom is 0.153 e. The highest BCUT2D eigenvalue weighted by atomic mass is 19.1. The molecule has 2 aromatic heterocycles. The largest absolute Gasteiger partial charge is 0.330 e. The van der Waals surface area contributed by atoms with Crippen LogP contribution in [0.4, 0.5) is 4.39 Å². The molecule has 3 aromatic rings. The molecule has 0 aliphatic heterocycles. The van der Waals surface area contributed by atoms with Crippen LogP contribution < -0.4 is 5.73 Å². The summed E-state index contributed by atoms with van der Waals surface area (Å²) in [5.41, 5.74) is 8.29. The van der Waals surface area contributed by atoms with Gasteiger partial charge in [0.15, 0.2) is 5.65 Å². The monoisotopic (exact) mass is 256 g/mol. The highest BCUT2D eigenvalue weighted by Crippen LogP contribution is 2.20. The summed E-state index contributed by atoms with van der Waals surface area (Å²) in [5, 5.41) is 4.44.